The van der Waals surface area contributed by atoms with Crippen LogP contribution in [0.5, 0.6) is 0 Å². The molecule has 0 saturated heterocycles. The van der Waals surface area contributed by atoms with E-state index in [9.17, 15) is 0 Å². The van der Waals surface area contributed by atoms with Crippen LogP contribution in [0.1, 0.15) is 0 Å². The van der Waals surface area contributed by atoms with Crippen molar-refractivity contribution >= 4 is 33.3 Å². The Morgan fingerprint density at radius 3 is 2.55 bits per heavy atom. The van der Waals surface area contributed by atoms with E-state index in [4.69, 9.17) is 0 Å². The normalized spacial score (nSPS) is 11.0. The van der Waals surface area contributed by atoms with Gasteiger partial charge in [0.05, 0.1) is 17.1 Å². The first kappa shape index (κ1) is 11.0. The Morgan fingerprint density at radius 1 is 0.850 bits per heavy atom. The van der Waals surface area contributed by atoms with Crippen molar-refractivity contribution in [3.05, 3.63) is 60.8 Å². The monoisotopic (exact) mass is 260 g/mol. The highest BCUT2D eigenvalue weighted by molar-refractivity contribution is 6.12. The molecule has 4 aromatic rings. The fourth-order valence-corrected chi connectivity index (χ4v) is 2.45. The summed E-state index contributed by atoms with van der Waals surface area (Å²) in [6.45, 7) is 0. The van der Waals surface area contributed by atoms with Gasteiger partial charge in [-0.2, -0.15) is 5.10 Å². The van der Waals surface area contributed by atoms with Gasteiger partial charge in [0.2, 0.25) is 0 Å². The number of H-pyrrole nitrogens is 1. The highest BCUT2D eigenvalue weighted by Gasteiger charge is 2.10. The molecule has 4 heteroatoms. The molecule has 0 spiro atoms. The summed E-state index contributed by atoms with van der Waals surface area (Å²) in [5.41, 5.74) is 3.08. The first-order valence-corrected chi connectivity index (χ1v) is 6.46. The topological polar surface area (TPSA) is 53.6 Å². The van der Waals surface area contributed by atoms with Gasteiger partial charge < -0.3 is 10.3 Å². The van der Waals surface area contributed by atoms with Crippen LogP contribution < -0.4 is 5.32 Å². The minimum absolute atomic E-state index is 0.770. The largest absolute Gasteiger partial charge is 0.353 e. The number of anilines is 2. The maximum atomic E-state index is 4.24. The van der Waals surface area contributed by atoms with Crippen molar-refractivity contribution in [1.82, 2.24) is 15.2 Å². The zero-order chi connectivity index (χ0) is 13.4. The average Bonchev–Trinajstić information content (AvgIpc) is 2.88. The summed E-state index contributed by atoms with van der Waals surface area (Å²) in [4.78, 5) is 3.36. The van der Waals surface area contributed by atoms with Crippen molar-refractivity contribution in [2.75, 3.05) is 5.32 Å². The van der Waals surface area contributed by atoms with Crippen LogP contribution in [-0.2, 0) is 0 Å². The van der Waals surface area contributed by atoms with Crippen LogP contribution in [0.2, 0.25) is 0 Å². The molecule has 4 nitrogen and oxygen atoms in total. The van der Waals surface area contributed by atoms with E-state index >= 15 is 0 Å². The predicted octanol–water partition coefficient (Wildman–Crippen LogP) is 3.85. The lowest BCUT2D eigenvalue weighted by molar-refractivity contribution is 1.05. The lowest BCUT2D eigenvalue weighted by Crippen LogP contribution is -1.95. The standard InChI is InChI=1S/C16H12N4/c1-2-6-11(7-3-1)18-16-15-12-8-4-5-9-13(12)19-14(15)10-17-20-16/h1-10,19H,(H,18,20). The summed E-state index contributed by atoms with van der Waals surface area (Å²) >= 11 is 0. The van der Waals surface area contributed by atoms with E-state index in [1.807, 2.05) is 42.5 Å². The molecule has 2 aromatic heterocycles. The molecule has 20 heavy (non-hydrogen) atoms. The fraction of sp³-hybridized carbons (Fsp3) is 0. The van der Waals surface area contributed by atoms with Crippen LogP contribution in [0, 0.1) is 0 Å². The average molecular weight is 260 g/mol. The Morgan fingerprint density at radius 2 is 1.65 bits per heavy atom. The highest BCUT2D eigenvalue weighted by Crippen LogP contribution is 2.30. The maximum absolute atomic E-state index is 4.24. The van der Waals surface area contributed by atoms with Gasteiger partial charge >= 0.3 is 0 Å². The second-order valence-electron chi connectivity index (χ2n) is 4.64. The number of rotatable bonds is 2. The van der Waals surface area contributed by atoms with Crippen molar-refractivity contribution in [2.24, 2.45) is 0 Å². The molecular formula is C16H12N4. The number of para-hydroxylation sites is 2. The number of nitrogens with zero attached hydrogens (tertiary/aromatic N) is 2. The summed E-state index contributed by atoms with van der Waals surface area (Å²) in [7, 11) is 0. The van der Waals surface area contributed by atoms with Crippen LogP contribution in [0.25, 0.3) is 21.8 Å². The second kappa shape index (κ2) is 4.35. The van der Waals surface area contributed by atoms with Crippen LogP contribution >= 0.6 is 0 Å². The Labute approximate surface area is 115 Å². The molecule has 2 N–H and O–H groups in total. The van der Waals surface area contributed by atoms with E-state index in [1.54, 1.807) is 6.20 Å². The van der Waals surface area contributed by atoms with Crippen molar-refractivity contribution in [3.8, 4) is 0 Å². The number of nitrogens with one attached hydrogen (secondary N) is 2. The Kier molecular flexibility index (Phi) is 2.39. The number of aromatic amines is 1. The molecule has 4 rings (SSSR count). The van der Waals surface area contributed by atoms with Crippen molar-refractivity contribution in [1.29, 1.82) is 0 Å². The molecule has 0 bridgehead atoms. The van der Waals surface area contributed by atoms with Crippen LogP contribution in [-0.4, -0.2) is 15.2 Å². The summed E-state index contributed by atoms with van der Waals surface area (Å²) in [5.74, 6) is 0.770. The quantitative estimate of drug-likeness (QED) is 0.575. The van der Waals surface area contributed by atoms with Gasteiger partial charge in [-0.05, 0) is 18.2 Å². The lowest BCUT2D eigenvalue weighted by atomic mass is 10.2. The van der Waals surface area contributed by atoms with E-state index in [-0.39, 0.29) is 0 Å². The minimum atomic E-state index is 0.770. The molecule has 2 heterocycles. The first-order valence-electron chi connectivity index (χ1n) is 6.46. The SMILES string of the molecule is c1ccc(Nc2nncc3[nH]c4ccccc4c23)cc1. The van der Waals surface area contributed by atoms with E-state index in [1.165, 1.54) is 0 Å². The Bertz CT molecular complexity index is 881. The maximum Gasteiger partial charge on any atom is 0.163 e. The zero-order valence-electron chi connectivity index (χ0n) is 10.7. The summed E-state index contributed by atoms with van der Waals surface area (Å²) in [6.07, 6.45) is 1.76. The molecule has 0 radical (unpaired) electrons. The number of hydrogen-bond acceptors (Lipinski definition) is 3. The molecule has 0 fully saturated rings. The number of hydrogen-bond donors (Lipinski definition) is 2. The highest BCUT2D eigenvalue weighted by atomic mass is 15.2. The second-order valence-corrected chi connectivity index (χ2v) is 4.64. The van der Waals surface area contributed by atoms with Gasteiger partial charge in [-0.25, -0.2) is 0 Å². The molecule has 0 amide bonds. The van der Waals surface area contributed by atoms with Crippen molar-refractivity contribution in [3.63, 3.8) is 0 Å². The number of benzene rings is 2. The van der Waals surface area contributed by atoms with E-state index in [0.29, 0.717) is 0 Å². The molecular weight excluding hydrogens is 248 g/mol. The van der Waals surface area contributed by atoms with E-state index in [0.717, 1.165) is 33.3 Å². The van der Waals surface area contributed by atoms with Crippen molar-refractivity contribution in [2.45, 2.75) is 0 Å². The van der Waals surface area contributed by atoms with Gasteiger partial charge in [-0.1, -0.05) is 36.4 Å². The predicted molar refractivity (Wildman–Crippen MR) is 81.1 cm³/mol. The molecule has 0 aliphatic carbocycles. The smallest absolute Gasteiger partial charge is 0.163 e. The third-order valence-electron chi connectivity index (χ3n) is 3.35. The van der Waals surface area contributed by atoms with E-state index < -0.39 is 0 Å². The zero-order valence-corrected chi connectivity index (χ0v) is 10.7. The van der Waals surface area contributed by atoms with Gasteiger partial charge in [0.25, 0.3) is 0 Å². The minimum Gasteiger partial charge on any atom is -0.353 e. The molecule has 0 aliphatic rings. The Balaban J connectivity index is 1.95. The molecule has 0 unspecified atom stereocenters. The van der Waals surface area contributed by atoms with E-state index in [2.05, 4.69) is 32.6 Å². The molecule has 0 saturated carbocycles. The van der Waals surface area contributed by atoms with Crippen molar-refractivity contribution < 1.29 is 0 Å². The Hall–Kier alpha value is -2.88. The number of aromatic nitrogens is 3. The van der Waals surface area contributed by atoms with Gasteiger partial charge in [0.1, 0.15) is 0 Å². The summed E-state index contributed by atoms with van der Waals surface area (Å²) in [6, 6.07) is 18.2. The third-order valence-corrected chi connectivity index (χ3v) is 3.35. The molecule has 2 aromatic carbocycles. The van der Waals surface area contributed by atoms with Gasteiger partial charge in [-0.3, -0.25) is 0 Å². The van der Waals surface area contributed by atoms with Gasteiger partial charge in [0, 0.05) is 16.6 Å². The van der Waals surface area contributed by atoms with Crippen LogP contribution in [0.3, 0.4) is 0 Å². The van der Waals surface area contributed by atoms with Gasteiger partial charge in [-0.15, -0.1) is 5.10 Å². The fourth-order valence-electron chi connectivity index (χ4n) is 2.45. The molecule has 0 aliphatic heterocycles. The van der Waals surface area contributed by atoms with Gasteiger partial charge in [0.15, 0.2) is 5.82 Å². The van der Waals surface area contributed by atoms with Crippen LogP contribution in [0.15, 0.2) is 60.8 Å². The molecule has 0 atom stereocenters. The first-order chi connectivity index (χ1) is 9.92. The molecule has 96 valence electrons. The summed E-state index contributed by atoms with van der Waals surface area (Å²) in [5, 5.41) is 13.9. The summed E-state index contributed by atoms with van der Waals surface area (Å²) < 4.78 is 0. The number of fused-ring (bicyclic) bond motifs is 3. The third kappa shape index (κ3) is 1.70. The van der Waals surface area contributed by atoms with Crippen LogP contribution in [0.4, 0.5) is 11.5 Å². The lowest BCUT2D eigenvalue weighted by Gasteiger charge is -2.05.